The van der Waals surface area contributed by atoms with Crippen LogP contribution >= 0.6 is 7.60 Å². The summed E-state index contributed by atoms with van der Waals surface area (Å²) >= 11 is 0. The van der Waals surface area contributed by atoms with Gasteiger partial charge >= 0.3 is 13.6 Å². The number of rotatable bonds is 21. The molecule has 0 saturated carbocycles. The number of aromatic nitrogens is 1. The molecule has 0 radical (unpaired) electrons. The Kier molecular flexibility index (Phi) is 14.7. The van der Waals surface area contributed by atoms with E-state index >= 15 is 4.57 Å². The number of ether oxygens (including phenoxy) is 1. The molecule has 1 aliphatic heterocycles. The lowest BCUT2D eigenvalue weighted by molar-refractivity contribution is -0.149. The fourth-order valence-electron chi connectivity index (χ4n) is 8.33. The summed E-state index contributed by atoms with van der Waals surface area (Å²) < 4.78 is 34.2. The summed E-state index contributed by atoms with van der Waals surface area (Å²) in [5.41, 5.74) is 4.71. The number of esters is 1. The highest BCUT2D eigenvalue weighted by molar-refractivity contribution is 7.54. The SMILES string of the molecule is CC(C)C[C@H](NC(CCN1C(=O)c2cccc3cccc(c23)C1=O)P(=O)(OCc1ccccc1)OCc1ccccc1)C(=O)N[C@@H](Cc1c[nH]c2ccccc12)C(=O)OCc1ccccc1. The maximum Gasteiger partial charge on any atom is 0.348 e. The fraction of sp³-hybridized carbons (Fsp3) is 0.245. The quantitative estimate of drug-likeness (QED) is 0.0363. The van der Waals surface area contributed by atoms with Crippen LogP contribution in [0.1, 0.15) is 69.7 Å². The van der Waals surface area contributed by atoms with Crippen LogP contribution in [0, 0.1) is 5.92 Å². The number of benzene rings is 6. The number of fused-ring (bicyclic) bond motifs is 1. The van der Waals surface area contributed by atoms with Gasteiger partial charge in [-0.3, -0.25) is 29.2 Å². The number of nitrogens with zero attached hydrogens (tertiary/aromatic N) is 1. The molecule has 7 aromatic rings. The van der Waals surface area contributed by atoms with Gasteiger partial charge in [0.05, 0.1) is 19.3 Å². The Balaban J connectivity index is 1.12. The first kappa shape index (κ1) is 45.9. The van der Waals surface area contributed by atoms with Crippen LogP contribution in [-0.4, -0.2) is 58.0 Å². The van der Waals surface area contributed by atoms with Crippen LogP contribution in [0.5, 0.6) is 0 Å². The zero-order chi connectivity index (χ0) is 46.0. The Labute approximate surface area is 384 Å². The molecule has 66 heavy (non-hydrogen) atoms. The highest BCUT2D eigenvalue weighted by atomic mass is 31.2. The van der Waals surface area contributed by atoms with Crippen LogP contribution < -0.4 is 10.6 Å². The van der Waals surface area contributed by atoms with Crippen molar-refractivity contribution in [1.82, 2.24) is 20.5 Å². The maximum atomic E-state index is 15.7. The van der Waals surface area contributed by atoms with Crippen molar-refractivity contribution in [1.29, 1.82) is 0 Å². The first-order valence-electron chi connectivity index (χ1n) is 22.2. The normalized spacial score (nSPS) is 14.1. The minimum atomic E-state index is -4.32. The zero-order valence-electron chi connectivity index (χ0n) is 36.9. The maximum absolute atomic E-state index is 15.7. The van der Waals surface area contributed by atoms with E-state index in [1.165, 1.54) is 0 Å². The van der Waals surface area contributed by atoms with Gasteiger partial charge in [-0.2, -0.15) is 0 Å². The summed E-state index contributed by atoms with van der Waals surface area (Å²) in [6.45, 7) is 3.54. The molecule has 3 amide bonds. The smallest absolute Gasteiger partial charge is 0.348 e. The Morgan fingerprint density at radius 3 is 1.79 bits per heavy atom. The Morgan fingerprint density at radius 1 is 0.667 bits per heavy atom. The van der Waals surface area contributed by atoms with E-state index in [2.05, 4.69) is 15.6 Å². The minimum Gasteiger partial charge on any atom is -0.459 e. The third kappa shape index (κ3) is 10.9. The molecule has 1 unspecified atom stereocenters. The average molecular weight is 905 g/mol. The topological polar surface area (TPSA) is 156 Å². The van der Waals surface area contributed by atoms with Gasteiger partial charge in [-0.05, 0) is 64.6 Å². The van der Waals surface area contributed by atoms with E-state index in [0.717, 1.165) is 43.4 Å². The van der Waals surface area contributed by atoms with Crippen LogP contribution in [0.15, 0.2) is 158 Å². The van der Waals surface area contributed by atoms with Crippen LogP contribution in [0.2, 0.25) is 0 Å². The summed E-state index contributed by atoms with van der Waals surface area (Å²) in [4.78, 5) is 61.6. The van der Waals surface area contributed by atoms with Gasteiger partial charge in [0.1, 0.15) is 18.4 Å². The Hall–Kier alpha value is -6.69. The monoisotopic (exact) mass is 904 g/mol. The molecule has 3 N–H and O–H groups in total. The van der Waals surface area contributed by atoms with E-state index in [0.29, 0.717) is 16.5 Å². The van der Waals surface area contributed by atoms with Crippen molar-refractivity contribution in [3.8, 4) is 0 Å². The van der Waals surface area contributed by atoms with Gasteiger partial charge in [0, 0.05) is 46.6 Å². The molecule has 6 aromatic carbocycles. The molecule has 13 heteroatoms. The van der Waals surface area contributed by atoms with E-state index < -0.39 is 49.2 Å². The predicted octanol–water partition coefficient (Wildman–Crippen LogP) is 9.74. The summed E-state index contributed by atoms with van der Waals surface area (Å²) in [5.74, 6) is -3.44. The van der Waals surface area contributed by atoms with E-state index in [-0.39, 0.29) is 51.5 Å². The second kappa shape index (κ2) is 21.1. The average Bonchev–Trinajstić information content (AvgIpc) is 3.75. The highest BCUT2D eigenvalue weighted by Crippen LogP contribution is 2.55. The fourth-order valence-corrected chi connectivity index (χ4v) is 10.2. The molecule has 1 aromatic heterocycles. The van der Waals surface area contributed by atoms with E-state index in [1.807, 2.05) is 147 Å². The van der Waals surface area contributed by atoms with Gasteiger partial charge in [-0.1, -0.05) is 147 Å². The number of imide groups is 1. The number of hydrogen-bond donors (Lipinski definition) is 3. The number of aromatic amines is 1. The Morgan fingerprint density at radius 2 is 1.21 bits per heavy atom. The summed E-state index contributed by atoms with van der Waals surface area (Å²) in [6, 6.07) is 44.0. The molecule has 3 atom stereocenters. The number of carbonyl (C=O) groups is 4. The molecule has 1 aliphatic rings. The van der Waals surface area contributed by atoms with Crippen molar-refractivity contribution >= 4 is 53.0 Å². The van der Waals surface area contributed by atoms with Crippen LogP contribution in [0.3, 0.4) is 0 Å². The number of H-pyrrole nitrogens is 1. The summed E-state index contributed by atoms with van der Waals surface area (Å²) in [6.07, 6.45) is 2.07. The molecular weight excluding hydrogens is 852 g/mol. The van der Waals surface area contributed by atoms with E-state index in [9.17, 15) is 19.2 Å². The van der Waals surface area contributed by atoms with Gasteiger partial charge < -0.3 is 24.1 Å². The predicted molar refractivity (Wildman–Crippen MR) is 254 cm³/mol. The summed E-state index contributed by atoms with van der Waals surface area (Å²) in [7, 11) is -4.32. The zero-order valence-corrected chi connectivity index (χ0v) is 37.8. The molecule has 338 valence electrons. The Bertz CT molecular complexity index is 2750. The molecule has 0 aliphatic carbocycles. The molecule has 0 spiro atoms. The van der Waals surface area contributed by atoms with Crippen LogP contribution in [-0.2, 0) is 54.2 Å². The number of para-hydroxylation sites is 1. The molecule has 0 fully saturated rings. The van der Waals surface area contributed by atoms with E-state index in [4.69, 9.17) is 13.8 Å². The molecule has 0 bridgehead atoms. The van der Waals surface area contributed by atoms with Crippen LogP contribution in [0.25, 0.3) is 21.7 Å². The van der Waals surface area contributed by atoms with Gasteiger partial charge in [-0.15, -0.1) is 0 Å². The number of hydrogen-bond acceptors (Lipinski definition) is 9. The third-order valence-electron chi connectivity index (χ3n) is 11.7. The van der Waals surface area contributed by atoms with Gasteiger partial charge in [-0.25, -0.2) is 4.79 Å². The molecule has 12 nitrogen and oxygen atoms in total. The molecule has 8 rings (SSSR count). The number of amides is 3. The first-order chi connectivity index (χ1) is 32.1. The lowest BCUT2D eigenvalue weighted by Gasteiger charge is -2.34. The highest BCUT2D eigenvalue weighted by Gasteiger charge is 2.42. The van der Waals surface area contributed by atoms with Crippen molar-refractivity contribution in [3.63, 3.8) is 0 Å². The minimum absolute atomic E-state index is 0.00326. The van der Waals surface area contributed by atoms with Crippen molar-refractivity contribution in [2.75, 3.05) is 6.54 Å². The summed E-state index contributed by atoms with van der Waals surface area (Å²) in [5, 5.41) is 8.62. The largest absolute Gasteiger partial charge is 0.459 e. The van der Waals surface area contributed by atoms with Gasteiger partial charge in [0.15, 0.2) is 0 Å². The second-order valence-electron chi connectivity index (χ2n) is 16.9. The molecule has 2 heterocycles. The lowest BCUT2D eigenvalue weighted by atomic mass is 9.94. The van der Waals surface area contributed by atoms with Crippen molar-refractivity contribution < 1.29 is 37.5 Å². The first-order valence-corrected chi connectivity index (χ1v) is 23.8. The van der Waals surface area contributed by atoms with Crippen molar-refractivity contribution in [2.24, 2.45) is 5.92 Å². The van der Waals surface area contributed by atoms with Crippen LogP contribution in [0.4, 0.5) is 0 Å². The van der Waals surface area contributed by atoms with Crippen molar-refractivity contribution in [2.45, 2.75) is 70.8 Å². The van der Waals surface area contributed by atoms with Gasteiger partial charge in [0.25, 0.3) is 11.8 Å². The standard InChI is InChI=1S/C53H53N4O8P/c1-36(2)30-46(50(58)56-47(53(61)63-33-37-16-6-3-7-17-37)31-41-32-54-45-27-13-12-24-42(41)45)55-48(28-29-57-51(59)43-25-14-22-40-23-15-26-44(49(40)43)52(57)60)66(62,64-34-38-18-8-4-9-19-38)65-35-39-20-10-5-11-21-39/h3-27,32,36,46-48,54-55H,28-31,33-35H2,1-2H3,(H,56,58)/t46-,47-,48?/m0/s1. The number of nitrogens with one attached hydrogen (secondary N) is 3. The lowest BCUT2D eigenvalue weighted by Crippen LogP contribution is -2.54. The van der Waals surface area contributed by atoms with Crippen molar-refractivity contribution in [3.05, 3.63) is 191 Å². The molecule has 0 saturated heterocycles. The molecular formula is C53H53N4O8P. The second-order valence-corrected chi connectivity index (χ2v) is 19.1. The third-order valence-corrected chi connectivity index (χ3v) is 13.9. The number of carbonyl (C=O) groups excluding carboxylic acids is 4. The van der Waals surface area contributed by atoms with E-state index in [1.54, 1.807) is 24.3 Å². The van der Waals surface area contributed by atoms with Gasteiger partial charge in [0.2, 0.25) is 5.91 Å².